The molecule has 1 heterocycles. The highest BCUT2D eigenvalue weighted by atomic mass is 32.2. The first kappa shape index (κ1) is 13.8. The average Bonchev–Trinajstić information content (AvgIpc) is 2.44. The zero-order valence-electron chi connectivity index (χ0n) is 10.8. The van der Waals surface area contributed by atoms with Gasteiger partial charge in [0.25, 0.3) is 5.88 Å². The molecule has 1 aromatic heterocycles. The van der Waals surface area contributed by atoms with Crippen LogP contribution in [0.1, 0.15) is 5.56 Å². The summed E-state index contributed by atoms with van der Waals surface area (Å²) in [6.45, 7) is 0.441. The molecule has 0 radical (unpaired) electrons. The Kier molecular flexibility index (Phi) is 4.76. The van der Waals surface area contributed by atoms with E-state index in [1.807, 2.05) is 18.4 Å². The van der Waals surface area contributed by atoms with Crippen molar-refractivity contribution >= 4 is 11.8 Å². The summed E-state index contributed by atoms with van der Waals surface area (Å²) in [4.78, 5) is 5.06. The van der Waals surface area contributed by atoms with Crippen LogP contribution in [0.2, 0.25) is 0 Å². The molecule has 0 amide bonds. The van der Waals surface area contributed by atoms with E-state index in [2.05, 4.69) is 10.3 Å². The van der Waals surface area contributed by atoms with Crippen molar-refractivity contribution in [2.45, 2.75) is 11.4 Å². The second-order valence-electron chi connectivity index (χ2n) is 3.90. The summed E-state index contributed by atoms with van der Waals surface area (Å²) in [5, 5.41) is 2.90. The summed E-state index contributed by atoms with van der Waals surface area (Å²) in [5.74, 6) is 0.154. The fourth-order valence-electron chi connectivity index (χ4n) is 1.62. The molecule has 5 heteroatoms. The third-order valence-electron chi connectivity index (χ3n) is 2.58. The van der Waals surface area contributed by atoms with Crippen LogP contribution in [-0.4, -0.2) is 18.3 Å². The maximum Gasteiger partial charge on any atom is 0.256 e. The Balaban J connectivity index is 2.20. The normalized spacial score (nSPS) is 10.5. The van der Waals surface area contributed by atoms with Gasteiger partial charge >= 0.3 is 0 Å². The monoisotopic (exact) mass is 278 g/mol. The first-order chi connectivity index (χ1) is 9.24. The molecule has 2 rings (SSSR count). The molecule has 2 aromatic rings. The van der Waals surface area contributed by atoms with Crippen LogP contribution in [0.25, 0.3) is 0 Å². The Labute approximate surface area is 116 Å². The van der Waals surface area contributed by atoms with Gasteiger partial charge in [-0.25, -0.2) is 9.37 Å². The second kappa shape index (κ2) is 6.54. The number of halogens is 1. The molecule has 0 saturated heterocycles. The van der Waals surface area contributed by atoms with Gasteiger partial charge in [-0.3, -0.25) is 0 Å². The number of pyridine rings is 1. The molecule has 0 aliphatic heterocycles. The van der Waals surface area contributed by atoms with Gasteiger partial charge in [-0.2, -0.15) is 0 Å². The van der Waals surface area contributed by atoms with Gasteiger partial charge in [-0.1, -0.05) is 0 Å². The van der Waals surface area contributed by atoms with Crippen molar-refractivity contribution in [3.8, 4) is 11.6 Å². The number of ether oxygens (including phenoxy) is 1. The molecule has 1 N–H and O–H groups in total. The number of thioether (sulfide) groups is 1. The highest BCUT2D eigenvalue weighted by Gasteiger charge is 2.11. The Morgan fingerprint density at radius 3 is 2.63 bits per heavy atom. The number of hydrogen-bond acceptors (Lipinski definition) is 4. The minimum atomic E-state index is -0.425. The van der Waals surface area contributed by atoms with Crippen molar-refractivity contribution in [1.29, 1.82) is 0 Å². The average molecular weight is 278 g/mol. The fraction of sp³-hybridized carbons (Fsp3) is 0.214. The minimum absolute atomic E-state index is 0.00431. The third-order valence-corrected chi connectivity index (χ3v) is 3.32. The summed E-state index contributed by atoms with van der Waals surface area (Å²) < 4.78 is 19.5. The summed E-state index contributed by atoms with van der Waals surface area (Å²) in [6.07, 6.45) is 3.54. The SMILES string of the molecule is CNCc1ccnc(Oc2ccc(SC)cc2)c1F. The predicted octanol–water partition coefficient (Wildman–Crippen LogP) is 3.45. The molecule has 0 spiro atoms. The van der Waals surface area contributed by atoms with Crippen LogP contribution in [0.5, 0.6) is 11.6 Å². The van der Waals surface area contributed by atoms with Crippen molar-refractivity contribution in [2.24, 2.45) is 0 Å². The largest absolute Gasteiger partial charge is 0.436 e. The van der Waals surface area contributed by atoms with Crippen molar-refractivity contribution in [3.05, 3.63) is 47.9 Å². The van der Waals surface area contributed by atoms with Crippen LogP contribution < -0.4 is 10.1 Å². The lowest BCUT2D eigenvalue weighted by Gasteiger charge is -2.08. The maximum atomic E-state index is 14.1. The second-order valence-corrected chi connectivity index (χ2v) is 4.78. The Hall–Kier alpha value is -1.59. The number of rotatable bonds is 5. The van der Waals surface area contributed by atoms with Gasteiger partial charge in [0.15, 0.2) is 5.82 Å². The molecular weight excluding hydrogens is 263 g/mol. The molecule has 0 bridgehead atoms. The molecular formula is C14H15FN2OS. The molecule has 0 atom stereocenters. The van der Waals surface area contributed by atoms with Gasteiger partial charge in [0, 0.05) is 23.2 Å². The van der Waals surface area contributed by atoms with Gasteiger partial charge in [-0.15, -0.1) is 11.8 Å². The smallest absolute Gasteiger partial charge is 0.256 e. The molecule has 1 aromatic carbocycles. The first-order valence-electron chi connectivity index (χ1n) is 5.84. The quantitative estimate of drug-likeness (QED) is 0.849. The zero-order valence-corrected chi connectivity index (χ0v) is 11.6. The third kappa shape index (κ3) is 3.45. The molecule has 3 nitrogen and oxygen atoms in total. The van der Waals surface area contributed by atoms with Gasteiger partial charge < -0.3 is 10.1 Å². The molecule has 0 aliphatic rings. The standard InChI is InChI=1S/C14H15FN2OS/c1-16-9-10-7-8-17-14(13(10)15)18-11-3-5-12(19-2)6-4-11/h3-8,16H,9H2,1-2H3. The lowest BCUT2D eigenvalue weighted by molar-refractivity contribution is 0.418. The lowest BCUT2D eigenvalue weighted by Crippen LogP contribution is -2.08. The van der Waals surface area contributed by atoms with Crippen LogP contribution in [0.4, 0.5) is 4.39 Å². The number of hydrogen-bond donors (Lipinski definition) is 1. The van der Waals surface area contributed by atoms with Crippen molar-refractivity contribution in [3.63, 3.8) is 0 Å². The Morgan fingerprint density at radius 1 is 1.26 bits per heavy atom. The highest BCUT2D eigenvalue weighted by Crippen LogP contribution is 2.26. The lowest BCUT2D eigenvalue weighted by atomic mass is 10.2. The Bertz CT molecular complexity index is 546. The number of nitrogens with zero attached hydrogens (tertiary/aromatic N) is 1. The van der Waals surface area contributed by atoms with E-state index in [4.69, 9.17) is 4.74 Å². The van der Waals surface area contributed by atoms with Gasteiger partial charge in [0.05, 0.1) is 0 Å². The fourth-order valence-corrected chi connectivity index (χ4v) is 2.02. The molecule has 19 heavy (non-hydrogen) atoms. The number of nitrogens with one attached hydrogen (secondary N) is 1. The minimum Gasteiger partial charge on any atom is -0.436 e. The van der Waals surface area contributed by atoms with E-state index >= 15 is 0 Å². The topological polar surface area (TPSA) is 34.2 Å². The van der Waals surface area contributed by atoms with Crippen LogP contribution in [0, 0.1) is 5.82 Å². The summed E-state index contributed by atoms with van der Waals surface area (Å²) in [7, 11) is 1.77. The van der Waals surface area contributed by atoms with Crippen LogP contribution in [0.3, 0.4) is 0 Å². The number of benzene rings is 1. The molecule has 0 saturated carbocycles. The molecule has 100 valence electrons. The van der Waals surface area contributed by atoms with E-state index in [-0.39, 0.29) is 5.88 Å². The van der Waals surface area contributed by atoms with Crippen LogP contribution in [0.15, 0.2) is 41.4 Å². The maximum absolute atomic E-state index is 14.1. The van der Waals surface area contributed by atoms with E-state index in [0.29, 0.717) is 17.9 Å². The van der Waals surface area contributed by atoms with Crippen molar-refractivity contribution in [2.75, 3.05) is 13.3 Å². The first-order valence-corrected chi connectivity index (χ1v) is 7.07. The van der Waals surface area contributed by atoms with E-state index in [0.717, 1.165) is 4.90 Å². The predicted molar refractivity (Wildman–Crippen MR) is 75.3 cm³/mol. The van der Waals surface area contributed by atoms with Gasteiger partial charge in [-0.05, 0) is 43.6 Å². The van der Waals surface area contributed by atoms with Crippen LogP contribution in [-0.2, 0) is 6.54 Å². The summed E-state index contributed by atoms with van der Waals surface area (Å²) >= 11 is 1.64. The number of aromatic nitrogens is 1. The van der Waals surface area contributed by atoms with E-state index in [1.54, 1.807) is 43.2 Å². The van der Waals surface area contributed by atoms with E-state index in [1.165, 1.54) is 0 Å². The summed E-state index contributed by atoms with van der Waals surface area (Å²) in [6, 6.07) is 9.09. The molecule has 0 fully saturated rings. The summed E-state index contributed by atoms with van der Waals surface area (Å²) in [5.41, 5.74) is 0.535. The van der Waals surface area contributed by atoms with Crippen LogP contribution >= 0.6 is 11.8 Å². The highest BCUT2D eigenvalue weighted by molar-refractivity contribution is 7.98. The molecule has 0 unspecified atom stereocenters. The van der Waals surface area contributed by atoms with Crippen molar-refractivity contribution < 1.29 is 9.13 Å². The van der Waals surface area contributed by atoms with E-state index < -0.39 is 5.82 Å². The van der Waals surface area contributed by atoms with Crippen molar-refractivity contribution in [1.82, 2.24) is 10.3 Å². The van der Waals surface area contributed by atoms with Gasteiger partial charge in [0.1, 0.15) is 5.75 Å². The van der Waals surface area contributed by atoms with Gasteiger partial charge in [0.2, 0.25) is 0 Å². The van der Waals surface area contributed by atoms with E-state index in [9.17, 15) is 4.39 Å². The molecule has 0 aliphatic carbocycles. The Morgan fingerprint density at radius 2 is 2.00 bits per heavy atom. The zero-order chi connectivity index (χ0) is 13.7.